The highest BCUT2D eigenvalue weighted by atomic mass is 19.1. The Kier molecular flexibility index (Phi) is 4.03. The molecule has 21 heavy (non-hydrogen) atoms. The predicted molar refractivity (Wildman–Crippen MR) is 79.2 cm³/mol. The van der Waals surface area contributed by atoms with Crippen molar-refractivity contribution in [3.8, 4) is 11.5 Å². The molecule has 112 valence electrons. The molecule has 1 aliphatic heterocycles. The molecule has 0 amide bonds. The van der Waals surface area contributed by atoms with Crippen LogP contribution in [-0.2, 0) is 6.54 Å². The van der Waals surface area contributed by atoms with Crippen LogP contribution >= 0.6 is 0 Å². The average molecular weight is 289 g/mol. The maximum atomic E-state index is 13.2. The second-order valence-corrected chi connectivity index (χ2v) is 5.74. The van der Waals surface area contributed by atoms with Crippen molar-refractivity contribution in [2.45, 2.75) is 32.5 Å². The summed E-state index contributed by atoms with van der Waals surface area (Å²) in [5.41, 5.74) is 1.55. The lowest BCUT2D eigenvalue weighted by atomic mass is 10.1. The fourth-order valence-electron chi connectivity index (χ4n) is 2.66. The largest absolute Gasteiger partial charge is 0.444 e. The maximum absolute atomic E-state index is 13.2. The standard InChI is InChI=1S/C16H20FN3O/c1-11-8-20(12(2)7-18-11)9-15-10-21-16(19-15)13-4-3-5-14(17)6-13/h3-6,10-12,18H,7-9H2,1-2H3. The Bertz CT molecular complexity index is 613. The molecule has 0 spiro atoms. The van der Waals surface area contributed by atoms with Crippen LogP contribution in [0.3, 0.4) is 0 Å². The molecule has 2 aromatic rings. The number of benzene rings is 1. The van der Waals surface area contributed by atoms with Gasteiger partial charge in [-0.05, 0) is 32.0 Å². The molecule has 1 N–H and O–H groups in total. The van der Waals surface area contributed by atoms with Gasteiger partial charge in [0.2, 0.25) is 5.89 Å². The first-order valence-corrected chi connectivity index (χ1v) is 7.29. The molecule has 4 nitrogen and oxygen atoms in total. The third-order valence-corrected chi connectivity index (χ3v) is 3.88. The zero-order valence-electron chi connectivity index (χ0n) is 12.3. The number of hydrogen-bond acceptors (Lipinski definition) is 4. The first kappa shape index (κ1) is 14.2. The number of nitrogens with one attached hydrogen (secondary N) is 1. The van der Waals surface area contributed by atoms with E-state index in [0.29, 0.717) is 23.5 Å². The molecule has 0 saturated carbocycles. The molecule has 1 saturated heterocycles. The normalized spacial score (nSPS) is 23.4. The highest BCUT2D eigenvalue weighted by Crippen LogP contribution is 2.20. The van der Waals surface area contributed by atoms with Crippen LogP contribution in [0.15, 0.2) is 34.9 Å². The van der Waals surface area contributed by atoms with Gasteiger partial charge in [-0.15, -0.1) is 0 Å². The number of aromatic nitrogens is 1. The minimum atomic E-state index is -0.281. The average Bonchev–Trinajstić information content (AvgIpc) is 2.91. The zero-order valence-corrected chi connectivity index (χ0v) is 12.3. The van der Waals surface area contributed by atoms with E-state index < -0.39 is 0 Å². The Morgan fingerprint density at radius 2 is 2.29 bits per heavy atom. The lowest BCUT2D eigenvalue weighted by molar-refractivity contribution is 0.137. The van der Waals surface area contributed by atoms with Crippen molar-refractivity contribution in [3.63, 3.8) is 0 Å². The van der Waals surface area contributed by atoms with Gasteiger partial charge >= 0.3 is 0 Å². The highest BCUT2D eigenvalue weighted by Gasteiger charge is 2.23. The van der Waals surface area contributed by atoms with Gasteiger partial charge < -0.3 is 9.73 Å². The van der Waals surface area contributed by atoms with Crippen LogP contribution < -0.4 is 5.32 Å². The Morgan fingerprint density at radius 3 is 3.10 bits per heavy atom. The number of oxazole rings is 1. The van der Waals surface area contributed by atoms with E-state index in [1.54, 1.807) is 18.4 Å². The molecule has 2 atom stereocenters. The Balaban J connectivity index is 1.73. The van der Waals surface area contributed by atoms with Gasteiger partial charge in [0, 0.05) is 37.3 Å². The second-order valence-electron chi connectivity index (χ2n) is 5.74. The summed E-state index contributed by atoms with van der Waals surface area (Å²) >= 11 is 0. The topological polar surface area (TPSA) is 41.3 Å². The lowest BCUT2D eigenvalue weighted by Crippen LogP contribution is -2.53. The van der Waals surface area contributed by atoms with Gasteiger partial charge in [-0.25, -0.2) is 9.37 Å². The highest BCUT2D eigenvalue weighted by molar-refractivity contribution is 5.52. The first-order valence-electron chi connectivity index (χ1n) is 7.29. The van der Waals surface area contributed by atoms with Crippen molar-refractivity contribution in [1.29, 1.82) is 0 Å². The molecule has 0 radical (unpaired) electrons. The van der Waals surface area contributed by atoms with Crippen LogP contribution in [0.1, 0.15) is 19.5 Å². The fourth-order valence-corrected chi connectivity index (χ4v) is 2.66. The monoisotopic (exact) mass is 289 g/mol. The smallest absolute Gasteiger partial charge is 0.226 e. The van der Waals surface area contributed by atoms with Gasteiger partial charge in [0.15, 0.2) is 0 Å². The summed E-state index contributed by atoms with van der Waals surface area (Å²) in [5, 5.41) is 3.46. The van der Waals surface area contributed by atoms with E-state index in [2.05, 4.69) is 29.0 Å². The summed E-state index contributed by atoms with van der Waals surface area (Å²) in [6.07, 6.45) is 1.67. The SMILES string of the molecule is CC1CN(Cc2coc(-c3cccc(F)c3)n2)C(C)CN1. The van der Waals surface area contributed by atoms with Crippen molar-refractivity contribution in [3.05, 3.63) is 42.0 Å². The van der Waals surface area contributed by atoms with Crippen molar-refractivity contribution < 1.29 is 8.81 Å². The zero-order chi connectivity index (χ0) is 14.8. The quantitative estimate of drug-likeness (QED) is 0.943. The van der Waals surface area contributed by atoms with E-state index in [9.17, 15) is 4.39 Å². The van der Waals surface area contributed by atoms with Crippen LogP contribution in [0.25, 0.3) is 11.5 Å². The molecule has 1 fully saturated rings. The maximum Gasteiger partial charge on any atom is 0.226 e. The van der Waals surface area contributed by atoms with E-state index in [0.717, 1.165) is 25.3 Å². The summed E-state index contributed by atoms with van der Waals surface area (Å²) in [5.74, 6) is 0.192. The van der Waals surface area contributed by atoms with Crippen molar-refractivity contribution in [2.75, 3.05) is 13.1 Å². The van der Waals surface area contributed by atoms with Gasteiger partial charge in [-0.2, -0.15) is 0 Å². The van der Waals surface area contributed by atoms with Crippen LogP contribution in [0.4, 0.5) is 4.39 Å². The molecule has 0 aliphatic carbocycles. The van der Waals surface area contributed by atoms with Crippen LogP contribution in [0, 0.1) is 5.82 Å². The minimum absolute atomic E-state index is 0.281. The predicted octanol–water partition coefficient (Wildman–Crippen LogP) is 2.66. The summed E-state index contributed by atoms with van der Waals surface area (Å²) in [6, 6.07) is 7.26. The third kappa shape index (κ3) is 3.31. The van der Waals surface area contributed by atoms with Crippen LogP contribution in [0.5, 0.6) is 0 Å². The minimum Gasteiger partial charge on any atom is -0.444 e. The summed E-state index contributed by atoms with van der Waals surface area (Å²) in [4.78, 5) is 6.86. The Morgan fingerprint density at radius 1 is 1.43 bits per heavy atom. The van der Waals surface area contributed by atoms with Crippen molar-refractivity contribution >= 4 is 0 Å². The number of halogens is 1. The number of hydrogen-bond donors (Lipinski definition) is 1. The van der Waals surface area contributed by atoms with E-state index in [4.69, 9.17) is 4.42 Å². The Labute approximate surface area is 124 Å². The molecule has 1 aromatic heterocycles. The van der Waals surface area contributed by atoms with Crippen molar-refractivity contribution in [2.24, 2.45) is 0 Å². The molecule has 2 heterocycles. The van der Waals surface area contributed by atoms with Gasteiger partial charge in [-0.1, -0.05) is 6.07 Å². The molecule has 2 unspecified atom stereocenters. The van der Waals surface area contributed by atoms with E-state index >= 15 is 0 Å². The molecular weight excluding hydrogens is 269 g/mol. The van der Waals surface area contributed by atoms with Crippen molar-refractivity contribution in [1.82, 2.24) is 15.2 Å². The van der Waals surface area contributed by atoms with Crippen LogP contribution in [-0.4, -0.2) is 35.1 Å². The molecule has 5 heteroatoms. The molecule has 1 aromatic carbocycles. The van der Waals surface area contributed by atoms with Gasteiger partial charge in [0.05, 0.1) is 5.69 Å². The van der Waals surface area contributed by atoms with E-state index in [1.165, 1.54) is 12.1 Å². The lowest BCUT2D eigenvalue weighted by Gasteiger charge is -2.36. The fraction of sp³-hybridized carbons (Fsp3) is 0.438. The van der Waals surface area contributed by atoms with Gasteiger partial charge in [-0.3, -0.25) is 4.90 Å². The first-order chi connectivity index (χ1) is 10.1. The molecule has 3 rings (SSSR count). The summed E-state index contributed by atoms with van der Waals surface area (Å²) in [6.45, 7) is 7.11. The number of rotatable bonds is 3. The van der Waals surface area contributed by atoms with Crippen LogP contribution in [0.2, 0.25) is 0 Å². The molecular formula is C16H20FN3O. The number of piperazine rings is 1. The third-order valence-electron chi connectivity index (χ3n) is 3.88. The Hall–Kier alpha value is -1.72. The van der Waals surface area contributed by atoms with Gasteiger partial charge in [0.25, 0.3) is 0 Å². The summed E-state index contributed by atoms with van der Waals surface area (Å²) < 4.78 is 18.7. The summed E-state index contributed by atoms with van der Waals surface area (Å²) in [7, 11) is 0. The van der Waals surface area contributed by atoms with E-state index in [1.807, 2.05) is 0 Å². The number of nitrogens with zero attached hydrogens (tertiary/aromatic N) is 2. The van der Waals surface area contributed by atoms with Gasteiger partial charge in [0.1, 0.15) is 12.1 Å². The van der Waals surface area contributed by atoms with E-state index in [-0.39, 0.29) is 5.82 Å². The molecule has 0 bridgehead atoms. The molecule has 1 aliphatic rings. The second kappa shape index (κ2) is 5.95.